The average molecular weight is 659 g/mol. The van der Waals surface area contributed by atoms with Gasteiger partial charge in [0.15, 0.2) is 0 Å². The van der Waals surface area contributed by atoms with Gasteiger partial charge in [0.1, 0.15) is 0 Å². The molecular formula is C45H30N4S. The van der Waals surface area contributed by atoms with Crippen LogP contribution in [0.3, 0.4) is 0 Å². The van der Waals surface area contributed by atoms with Gasteiger partial charge in [-0.05, 0) is 53.9 Å². The number of fused-ring (bicyclic) bond motifs is 9. The normalized spacial score (nSPS) is 12.8. The van der Waals surface area contributed by atoms with Crippen molar-refractivity contribution in [3.8, 4) is 10.4 Å². The van der Waals surface area contributed by atoms with E-state index in [0.29, 0.717) is 11.7 Å². The van der Waals surface area contributed by atoms with Crippen molar-refractivity contribution in [2.24, 2.45) is 9.98 Å². The number of rotatable bonds is 4. The van der Waals surface area contributed by atoms with E-state index >= 15 is 0 Å². The highest BCUT2D eigenvalue weighted by Crippen LogP contribution is 2.45. The van der Waals surface area contributed by atoms with Crippen molar-refractivity contribution in [2.75, 3.05) is 0 Å². The van der Waals surface area contributed by atoms with Crippen molar-refractivity contribution >= 4 is 87.9 Å². The van der Waals surface area contributed by atoms with E-state index in [4.69, 9.17) is 9.98 Å². The average Bonchev–Trinajstić information content (AvgIpc) is 3.91. The van der Waals surface area contributed by atoms with Crippen LogP contribution in [-0.2, 0) is 0 Å². The molecule has 0 radical (unpaired) electrons. The third kappa shape index (κ3) is 4.30. The SMILES string of the molecule is C=C(N=C(/N=C(\C)c1ccccc1)n1c2ccccc2c2cc(-c3cc4c(s3)c3cccc5c6ccccc6n4c53)ccc21)c1ccccc1. The van der Waals surface area contributed by atoms with E-state index in [9.17, 15) is 0 Å². The van der Waals surface area contributed by atoms with Crippen molar-refractivity contribution in [3.05, 3.63) is 169 Å². The third-order valence-electron chi connectivity index (χ3n) is 9.85. The Morgan fingerprint density at radius 3 is 1.94 bits per heavy atom. The lowest BCUT2D eigenvalue weighted by atomic mass is 10.1. The van der Waals surface area contributed by atoms with Crippen LogP contribution in [0.25, 0.3) is 75.4 Å². The Hall–Kier alpha value is -6.30. The first-order chi connectivity index (χ1) is 24.6. The first kappa shape index (κ1) is 28.7. The molecule has 0 bridgehead atoms. The van der Waals surface area contributed by atoms with Crippen molar-refractivity contribution in [1.82, 2.24) is 8.97 Å². The summed E-state index contributed by atoms with van der Waals surface area (Å²) in [5.74, 6) is 0.578. The topological polar surface area (TPSA) is 34.1 Å². The summed E-state index contributed by atoms with van der Waals surface area (Å²) in [4.78, 5) is 11.6. The lowest BCUT2D eigenvalue weighted by molar-refractivity contribution is 1.21. The quantitative estimate of drug-likeness (QED) is 0.133. The molecule has 0 atom stereocenters. The molecule has 0 aliphatic carbocycles. The van der Waals surface area contributed by atoms with E-state index in [0.717, 1.165) is 38.6 Å². The van der Waals surface area contributed by atoms with Gasteiger partial charge in [0.25, 0.3) is 0 Å². The second kappa shape index (κ2) is 11.1. The minimum Gasteiger partial charge on any atom is -0.307 e. The summed E-state index contributed by atoms with van der Waals surface area (Å²) in [7, 11) is 0. The van der Waals surface area contributed by atoms with Crippen LogP contribution in [0.2, 0.25) is 0 Å². The number of hydrogen-bond donors (Lipinski definition) is 0. The number of para-hydroxylation sites is 3. The molecule has 0 saturated heterocycles. The molecule has 10 aromatic rings. The highest BCUT2D eigenvalue weighted by molar-refractivity contribution is 7.23. The molecule has 0 saturated carbocycles. The van der Waals surface area contributed by atoms with Gasteiger partial charge in [0.2, 0.25) is 5.96 Å². The first-order valence-corrected chi connectivity index (χ1v) is 17.6. The largest absolute Gasteiger partial charge is 0.307 e. The number of aliphatic imine (C=N–C) groups is 2. The predicted molar refractivity (Wildman–Crippen MR) is 214 cm³/mol. The Morgan fingerprint density at radius 2 is 1.16 bits per heavy atom. The monoisotopic (exact) mass is 658 g/mol. The van der Waals surface area contributed by atoms with E-state index in [1.807, 2.05) is 66.8 Å². The number of aromatic nitrogens is 2. The molecule has 4 aromatic heterocycles. The lowest BCUT2D eigenvalue weighted by Gasteiger charge is -2.11. The summed E-state index contributed by atoms with van der Waals surface area (Å²) in [5.41, 5.74) is 10.7. The number of nitrogens with zero attached hydrogens (tertiary/aromatic N) is 4. The molecule has 0 aliphatic rings. The zero-order valence-corrected chi connectivity index (χ0v) is 28.2. The third-order valence-corrected chi connectivity index (χ3v) is 11.1. The molecule has 0 N–H and O–H groups in total. The van der Waals surface area contributed by atoms with Gasteiger partial charge in [0, 0.05) is 37.5 Å². The van der Waals surface area contributed by atoms with E-state index < -0.39 is 0 Å². The number of benzene rings is 6. The zero-order chi connectivity index (χ0) is 33.3. The fraction of sp³-hybridized carbons (Fsp3) is 0.0222. The maximum Gasteiger partial charge on any atom is 0.235 e. The predicted octanol–water partition coefficient (Wildman–Crippen LogP) is 12.1. The van der Waals surface area contributed by atoms with Crippen LogP contribution in [-0.4, -0.2) is 20.6 Å². The first-order valence-electron chi connectivity index (χ1n) is 16.8. The van der Waals surface area contributed by atoms with E-state index in [2.05, 4.69) is 119 Å². The van der Waals surface area contributed by atoms with E-state index in [1.165, 1.54) is 47.8 Å². The van der Waals surface area contributed by atoms with Crippen molar-refractivity contribution < 1.29 is 0 Å². The Balaban J connectivity index is 1.18. The van der Waals surface area contributed by atoms with Crippen molar-refractivity contribution in [2.45, 2.75) is 6.92 Å². The Bertz CT molecular complexity index is 2990. The van der Waals surface area contributed by atoms with Gasteiger partial charge < -0.3 is 4.40 Å². The summed E-state index contributed by atoms with van der Waals surface area (Å²) in [6.45, 7) is 6.41. The fourth-order valence-corrected chi connectivity index (χ4v) is 8.68. The molecule has 4 heterocycles. The van der Waals surface area contributed by atoms with Gasteiger partial charge in [-0.1, -0.05) is 128 Å². The van der Waals surface area contributed by atoms with Gasteiger partial charge in [-0.15, -0.1) is 11.3 Å². The van der Waals surface area contributed by atoms with Crippen LogP contribution >= 0.6 is 11.3 Å². The minimum absolute atomic E-state index is 0.578. The Labute approximate surface area is 292 Å². The highest BCUT2D eigenvalue weighted by Gasteiger charge is 2.21. The molecule has 0 spiro atoms. The van der Waals surface area contributed by atoms with E-state index in [-0.39, 0.29) is 0 Å². The molecule has 0 fully saturated rings. The summed E-state index contributed by atoms with van der Waals surface area (Å²) < 4.78 is 5.96. The van der Waals surface area contributed by atoms with Gasteiger partial charge in [0.05, 0.1) is 38.0 Å². The second-order valence-corrected chi connectivity index (χ2v) is 13.8. The minimum atomic E-state index is 0.578. The van der Waals surface area contributed by atoms with Crippen LogP contribution in [0.15, 0.2) is 168 Å². The van der Waals surface area contributed by atoms with Gasteiger partial charge in [-0.2, -0.15) is 0 Å². The van der Waals surface area contributed by atoms with Crippen LogP contribution in [0.4, 0.5) is 0 Å². The van der Waals surface area contributed by atoms with Gasteiger partial charge in [-0.3, -0.25) is 4.57 Å². The van der Waals surface area contributed by atoms with Gasteiger partial charge >= 0.3 is 0 Å². The molecule has 5 heteroatoms. The number of thiophene rings is 1. The smallest absolute Gasteiger partial charge is 0.235 e. The molecule has 236 valence electrons. The zero-order valence-electron chi connectivity index (χ0n) is 27.3. The summed E-state index contributed by atoms with van der Waals surface area (Å²) in [6.07, 6.45) is 0. The van der Waals surface area contributed by atoms with Crippen LogP contribution in [0.1, 0.15) is 18.1 Å². The van der Waals surface area contributed by atoms with Gasteiger partial charge in [-0.25, -0.2) is 9.98 Å². The molecule has 0 unspecified atom stereocenters. The molecule has 0 aliphatic heterocycles. The van der Waals surface area contributed by atoms with Crippen LogP contribution < -0.4 is 0 Å². The summed E-state index contributed by atoms with van der Waals surface area (Å²) >= 11 is 1.87. The summed E-state index contributed by atoms with van der Waals surface area (Å²) in [6, 6.07) is 53.5. The van der Waals surface area contributed by atoms with Crippen molar-refractivity contribution in [1.29, 1.82) is 0 Å². The summed E-state index contributed by atoms with van der Waals surface area (Å²) in [5, 5.41) is 6.24. The fourth-order valence-electron chi connectivity index (χ4n) is 7.51. The van der Waals surface area contributed by atoms with Crippen LogP contribution in [0.5, 0.6) is 0 Å². The standard InChI is InChI=1S/C45H30N4S/c1-28(30-14-5-3-6-15-30)46-45(47-29(2)31-16-7-4-8-17-31)49-39-23-12-10-19-34(39)37-26-32(24-25-40(37)49)42-27-41-44(50-42)36-21-13-20-35-33-18-9-11-22-38(33)48(41)43(35)36/h3-27H,1H2,2H3/b46-45?,47-29+. The number of hydrogen-bond acceptors (Lipinski definition) is 2. The molecule has 6 aromatic carbocycles. The highest BCUT2D eigenvalue weighted by atomic mass is 32.1. The van der Waals surface area contributed by atoms with Crippen LogP contribution in [0, 0.1) is 0 Å². The Morgan fingerprint density at radius 1 is 0.540 bits per heavy atom. The molecular weight excluding hydrogens is 629 g/mol. The molecule has 0 amide bonds. The molecule has 4 nitrogen and oxygen atoms in total. The maximum absolute atomic E-state index is 5.20. The second-order valence-electron chi connectivity index (χ2n) is 12.8. The van der Waals surface area contributed by atoms with Crippen molar-refractivity contribution in [3.63, 3.8) is 0 Å². The maximum atomic E-state index is 5.20. The Kier molecular flexibility index (Phi) is 6.38. The van der Waals surface area contributed by atoms with E-state index in [1.54, 1.807) is 0 Å². The molecule has 10 rings (SSSR count). The lowest BCUT2D eigenvalue weighted by Crippen LogP contribution is -2.12. The molecule has 50 heavy (non-hydrogen) atoms.